The summed E-state index contributed by atoms with van der Waals surface area (Å²) in [4.78, 5) is 21.0. The van der Waals surface area contributed by atoms with Crippen LogP contribution in [0.1, 0.15) is 27.3 Å². The number of rotatable bonds is 7. The second-order valence-electron chi connectivity index (χ2n) is 7.12. The predicted molar refractivity (Wildman–Crippen MR) is 119 cm³/mol. The lowest BCUT2D eigenvalue weighted by molar-refractivity contribution is 0.0855. The predicted octanol–water partition coefficient (Wildman–Crippen LogP) is 3.80. The van der Waals surface area contributed by atoms with Gasteiger partial charge in [0.2, 0.25) is 5.88 Å². The van der Waals surface area contributed by atoms with Crippen LogP contribution < -0.4 is 10.5 Å². The summed E-state index contributed by atoms with van der Waals surface area (Å²) >= 11 is 6.37. The van der Waals surface area contributed by atoms with Crippen LogP contribution in [-0.2, 0) is 26.7 Å². The molecule has 2 heterocycles. The van der Waals surface area contributed by atoms with Crippen molar-refractivity contribution in [2.24, 2.45) is 12.8 Å². The van der Waals surface area contributed by atoms with Crippen LogP contribution in [0.3, 0.4) is 0 Å². The monoisotopic (exact) mass is 435 g/mol. The van der Waals surface area contributed by atoms with Crippen LogP contribution in [0.5, 0.6) is 5.88 Å². The highest BCUT2D eigenvalue weighted by atomic mass is 35.5. The van der Waals surface area contributed by atoms with Crippen molar-refractivity contribution in [3.05, 3.63) is 89.5 Å². The smallest absolute Gasteiger partial charge is 0.268 e. The van der Waals surface area contributed by atoms with Crippen molar-refractivity contribution in [3.8, 4) is 5.88 Å². The molecule has 7 nitrogen and oxygen atoms in total. The molecule has 158 valence electrons. The molecule has 1 amide bonds. The van der Waals surface area contributed by atoms with E-state index in [1.165, 1.54) is 10.7 Å². The average molecular weight is 436 g/mol. The number of ether oxygens (including phenoxy) is 1. The third kappa shape index (κ3) is 4.68. The van der Waals surface area contributed by atoms with Crippen molar-refractivity contribution in [2.45, 2.75) is 19.7 Å². The molecule has 8 heteroatoms. The van der Waals surface area contributed by atoms with Gasteiger partial charge < -0.3 is 15.0 Å². The van der Waals surface area contributed by atoms with Gasteiger partial charge in [-0.25, -0.2) is 14.4 Å². The standard InChI is InChI=1S/C23H22ClN5O2/c1-28-20(10-17-6-2-3-8-21(17)28)13-29(24)23(30)18-7-4-5-16(9-18)14-31-22-11-19(12-25)26-15-27-22/h2-11,15H,12-14,25H2,1H3. The van der Waals surface area contributed by atoms with E-state index in [2.05, 4.69) is 9.97 Å². The van der Waals surface area contributed by atoms with Crippen LogP contribution in [-0.4, -0.2) is 24.9 Å². The third-order valence-electron chi connectivity index (χ3n) is 5.04. The van der Waals surface area contributed by atoms with Gasteiger partial charge in [-0.05, 0) is 35.2 Å². The van der Waals surface area contributed by atoms with E-state index in [4.69, 9.17) is 22.2 Å². The number of fused-ring (bicyclic) bond motifs is 1. The molecule has 0 radical (unpaired) electrons. The van der Waals surface area contributed by atoms with Crippen LogP contribution in [0.2, 0.25) is 0 Å². The van der Waals surface area contributed by atoms with Gasteiger partial charge >= 0.3 is 0 Å². The maximum Gasteiger partial charge on any atom is 0.268 e. The van der Waals surface area contributed by atoms with Crippen molar-refractivity contribution < 1.29 is 9.53 Å². The minimum Gasteiger partial charge on any atom is -0.473 e. The fourth-order valence-electron chi connectivity index (χ4n) is 3.37. The summed E-state index contributed by atoms with van der Waals surface area (Å²) < 4.78 is 8.95. The van der Waals surface area contributed by atoms with Crippen LogP contribution in [0, 0.1) is 0 Å². The molecule has 0 aliphatic heterocycles. The lowest BCUT2D eigenvalue weighted by Crippen LogP contribution is -2.22. The Morgan fingerprint density at radius 3 is 2.77 bits per heavy atom. The first-order chi connectivity index (χ1) is 15.0. The van der Waals surface area contributed by atoms with E-state index in [0.29, 0.717) is 23.7 Å². The highest BCUT2D eigenvalue weighted by Gasteiger charge is 2.17. The van der Waals surface area contributed by atoms with Crippen molar-refractivity contribution >= 4 is 28.6 Å². The number of aryl methyl sites for hydroxylation is 1. The summed E-state index contributed by atoms with van der Waals surface area (Å²) in [5.41, 5.74) is 9.64. The van der Waals surface area contributed by atoms with E-state index in [1.807, 2.05) is 48.0 Å². The van der Waals surface area contributed by atoms with Crippen molar-refractivity contribution in [3.63, 3.8) is 0 Å². The fraction of sp³-hybridized carbons (Fsp3) is 0.174. The second kappa shape index (κ2) is 9.16. The highest BCUT2D eigenvalue weighted by Crippen LogP contribution is 2.21. The van der Waals surface area contributed by atoms with Crippen LogP contribution >= 0.6 is 11.8 Å². The zero-order valence-corrected chi connectivity index (χ0v) is 17.8. The van der Waals surface area contributed by atoms with Gasteiger partial charge in [-0.1, -0.05) is 30.3 Å². The van der Waals surface area contributed by atoms with E-state index in [-0.39, 0.29) is 19.1 Å². The van der Waals surface area contributed by atoms with Gasteiger partial charge in [-0.3, -0.25) is 4.79 Å². The number of hydrogen-bond acceptors (Lipinski definition) is 5. The van der Waals surface area contributed by atoms with E-state index < -0.39 is 0 Å². The molecule has 0 saturated carbocycles. The molecular formula is C23H22ClN5O2. The lowest BCUT2D eigenvalue weighted by Gasteiger charge is -2.15. The molecule has 4 rings (SSSR count). The Hall–Kier alpha value is -3.42. The summed E-state index contributed by atoms with van der Waals surface area (Å²) in [6.07, 6.45) is 1.41. The molecule has 2 aromatic carbocycles. The third-order valence-corrected chi connectivity index (χ3v) is 5.31. The van der Waals surface area contributed by atoms with Gasteiger partial charge in [0.25, 0.3) is 5.91 Å². The molecule has 0 spiro atoms. The minimum absolute atomic E-state index is 0.258. The van der Waals surface area contributed by atoms with Gasteiger partial charge in [-0.15, -0.1) is 0 Å². The number of aromatic nitrogens is 3. The molecule has 31 heavy (non-hydrogen) atoms. The summed E-state index contributed by atoms with van der Waals surface area (Å²) in [5.74, 6) is 0.156. The quantitative estimate of drug-likeness (QED) is 0.446. The maximum absolute atomic E-state index is 12.9. The van der Waals surface area contributed by atoms with E-state index in [0.717, 1.165) is 22.2 Å². The van der Waals surface area contributed by atoms with Crippen LogP contribution in [0.25, 0.3) is 10.9 Å². The molecule has 0 unspecified atom stereocenters. The van der Waals surface area contributed by atoms with Gasteiger partial charge in [-0.2, -0.15) is 0 Å². The van der Waals surface area contributed by atoms with E-state index in [9.17, 15) is 4.79 Å². The Bertz CT molecular complexity index is 1220. The first-order valence-electron chi connectivity index (χ1n) is 9.79. The maximum atomic E-state index is 12.9. The number of benzene rings is 2. The first-order valence-corrected chi connectivity index (χ1v) is 10.1. The lowest BCUT2D eigenvalue weighted by atomic mass is 10.1. The summed E-state index contributed by atoms with van der Waals surface area (Å²) in [6, 6.07) is 19.0. The van der Waals surface area contributed by atoms with Crippen LogP contribution in [0.15, 0.2) is 67.0 Å². The van der Waals surface area contributed by atoms with Crippen molar-refractivity contribution in [1.29, 1.82) is 0 Å². The molecular weight excluding hydrogens is 414 g/mol. The van der Waals surface area contributed by atoms with Crippen molar-refractivity contribution in [1.82, 2.24) is 19.0 Å². The molecule has 0 aliphatic carbocycles. The fourth-order valence-corrected chi connectivity index (χ4v) is 3.59. The Labute approximate surface area is 185 Å². The number of carbonyl (C=O) groups excluding carboxylic acids is 1. The Kier molecular flexibility index (Phi) is 6.16. The largest absolute Gasteiger partial charge is 0.473 e. The normalized spacial score (nSPS) is 10.9. The van der Waals surface area contributed by atoms with Gasteiger partial charge in [0.05, 0.1) is 12.2 Å². The highest BCUT2D eigenvalue weighted by molar-refractivity contribution is 6.24. The number of halogens is 1. The summed E-state index contributed by atoms with van der Waals surface area (Å²) in [5, 5.41) is 1.11. The number of carbonyl (C=O) groups is 1. The molecule has 0 aliphatic rings. The van der Waals surface area contributed by atoms with Gasteiger partial charge in [0.1, 0.15) is 12.9 Å². The minimum atomic E-state index is -0.277. The zero-order valence-electron chi connectivity index (χ0n) is 17.0. The molecule has 4 aromatic rings. The van der Waals surface area contributed by atoms with Gasteiger partial charge in [0, 0.05) is 48.2 Å². The SMILES string of the molecule is Cn1c(CN(Cl)C(=O)c2cccc(COc3cc(CN)ncn3)c2)cc2ccccc21. The van der Waals surface area contributed by atoms with Gasteiger partial charge in [0.15, 0.2) is 0 Å². The zero-order chi connectivity index (χ0) is 21.8. The average Bonchev–Trinajstić information content (AvgIpc) is 3.12. The molecule has 0 saturated heterocycles. The summed E-state index contributed by atoms with van der Waals surface area (Å²) in [6.45, 7) is 0.855. The Morgan fingerprint density at radius 1 is 1.13 bits per heavy atom. The van der Waals surface area contributed by atoms with Crippen LogP contribution in [0.4, 0.5) is 0 Å². The second-order valence-corrected chi connectivity index (χ2v) is 7.53. The van der Waals surface area contributed by atoms with E-state index >= 15 is 0 Å². The number of nitrogens with zero attached hydrogens (tertiary/aromatic N) is 4. The number of para-hydroxylation sites is 1. The molecule has 2 aromatic heterocycles. The topological polar surface area (TPSA) is 86.3 Å². The van der Waals surface area contributed by atoms with E-state index in [1.54, 1.807) is 24.3 Å². The number of nitrogens with two attached hydrogens (primary N) is 1. The first kappa shape index (κ1) is 20.8. The summed E-state index contributed by atoms with van der Waals surface area (Å²) in [7, 11) is 1.97. The Morgan fingerprint density at radius 2 is 1.97 bits per heavy atom. The number of amides is 1. The molecule has 2 N–H and O–H groups in total. The van der Waals surface area contributed by atoms with Crippen molar-refractivity contribution in [2.75, 3.05) is 0 Å². The molecule has 0 fully saturated rings. The molecule has 0 atom stereocenters. The Balaban J connectivity index is 1.44. The molecule has 0 bridgehead atoms. The number of hydrogen-bond donors (Lipinski definition) is 1.